The molecule has 0 saturated carbocycles. The summed E-state index contributed by atoms with van der Waals surface area (Å²) in [5.74, 6) is 3.01. The monoisotopic (exact) mass is 1180 g/mol. The molecule has 0 radical (unpaired) electrons. The van der Waals surface area contributed by atoms with Crippen molar-refractivity contribution in [2.75, 3.05) is 52.3 Å². The van der Waals surface area contributed by atoms with Crippen LogP contribution in [0.15, 0.2) is 167 Å². The number of halogens is 8. The van der Waals surface area contributed by atoms with E-state index in [2.05, 4.69) is 138 Å². The van der Waals surface area contributed by atoms with Crippen LogP contribution < -0.4 is 29.6 Å². The van der Waals surface area contributed by atoms with Crippen LogP contribution in [-0.2, 0) is 9.05 Å². The zero-order chi connectivity index (χ0) is 52.5. The van der Waals surface area contributed by atoms with E-state index in [4.69, 9.17) is 38.0 Å². The molecule has 0 atom stereocenters. The first-order chi connectivity index (χ1) is 35.4. The summed E-state index contributed by atoms with van der Waals surface area (Å²) >= 11 is 7.49. The molecule has 0 aliphatic carbocycles. The van der Waals surface area contributed by atoms with Crippen LogP contribution in [0.3, 0.4) is 0 Å². The molecule has 0 spiro atoms. The SMILES string of the molecule is COc1ccc(C2=C3C=CC(=N3)C(c3ccc(OC)cc3)=c3ccc4n3[P+](OCCCBr)(OCCCBr)n3c2ccc3C(c2ccc(OC)cc2)=C2C=CC(=N2)C=4c2ccc(OC)cc2)cc1.F[P-](F)(F)(F)(F)F. The van der Waals surface area contributed by atoms with Crippen molar-refractivity contribution in [2.24, 2.45) is 9.98 Å². The normalized spacial score (nSPS) is 16.2. The van der Waals surface area contributed by atoms with Gasteiger partial charge in [-0.15, -0.1) is 8.68 Å². The van der Waals surface area contributed by atoms with Gasteiger partial charge >= 0.3 is 41.0 Å². The first-order valence-electron chi connectivity index (χ1n) is 23.1. The number of benzene rings is 4. The zero-order valence-electron chi connectivity index (χ0n) is 40.3. The summed E-state index contributed by atoms with van der Waals surface area (Å²) in [6, 6.07) is 41.5. The van der Waals surface area contributed by atoms with Gasteiger partial charge in [-0.05, 0) is 132 Å². The maximum absolute atomic E-state index is 10.7. The molecular formula is C54H48Br2F6N4O6P2. The van der Waals surface area contributed by atoms with E-state index < -0.39 is 15.8 Å². The first kappa shape index (κ1) is 52.8. The number of hydrogen-bond acceptors (Lipinski definition) is 8. The molecule has 4 aliphatic heterocycles. The third kappa shape index (κ3) is 11.2. The van der Waals surface area contributed by atoms with Crippen molar-refractivity contribution in [3.63, 3.8) is 0 Å². The van der Waals surface area contributed by atoms with Crippen LogP contribution >= 0.6 is 47.7 Å². The summed E-state index contributed by atoms with van der Waals surface area (Å²) in [6.45, 7) is 0.775. The summed E-state index contributed by atoms with van der Waals surface area (Å²) in [5, 5.41) is 3.22. The molecular weight excluding hydrogens is 1140 g/mol. The molecule has 10 nitrogen and oxygen atoms in total. The fourth-order valence-corrected chi connectivity index (χ4v) is 12.7. The Balaban J connectivity index is 0.000000898. The molecule has 2 aromatic heterocycles. The Bertz CT molecular complexity index is 3230. The quantitative estimate of drug-likeness (QED) is 0.0415. The average molecular weight is 1180 g/mol. The Morgan fingerprint density at radius 1 is 0.432 bits per heavy atom. The third-order valence-corrected chi connectivity index (χ3v) is 16.2. The molecule has 4 aliphatic rings. The van der Waals surface area contributed by atoms with E-state index in [1.54, 1.807) is 28.4 Å². The molecule has 0 N–H and O–H groups in total. The molecule has 4 aromatic carbocycles. The van der Waals surface area contributed by atoms with Crippen LogP contribution in [0.5, 0.6) is 23.0 Å². The third-order valence-electron chi connectivity index (χ3n) is 12.1. The van der Waals surface area contributed by atoms with Crippen molar-refractivity contribution in [3.8, 4) is 23.0 Å². The second-order valence-corrected chi connectivity index (χ2v) is 22.7. The standard InChI is InChI=1S/C54H48Br2N4O6P.F6P/c1-61-39-15-7-35(8-16-39)51-43-23-24-44(57-43)52(36-9-17-40(62-2)18-10-36)49-29-30-50-54(38-13-21-42(64-4)22-14-38)46-26-25-45(58-46)53(37-11-19-41(63-3)20-12-37)48-28-27-47(51)59(48)67(60(49)50,65-33-5-31-55)66-34-6-32-56;1-7(2,3,4,5)6/h7-30H,5-6,31-34H2,1-4H3;/q+1;-1. The molecule has 74 heavy (non-hydrogen) atoms. The molecule has 0 unspecified atom stereocenters. The molecule has 10 rings (SSSR count). The van der Waals surface area contributed by atoms with E-state index in [9.17, 15) is 25.2 Å². The number of rotatable bonds is 16. The molecule has 0 saturated heterocycles. The Morgan fingerprint density at radius 3 is 1.04 bits per heavy atom. The van der Waals surface area contributed by atoms with Gasteiger partial charge in [0.2, 0.25) is 0 Å². The van der Waals surface area contributed by atoms with Crippen LogP contribution in [0.4, 0.5) is 25.2 Å². The summed E-state index contributed by atoms with van der Waals surface area (Å²) in [7, 11) is -7.58. The second kappa shape index (κ2) is 20.6. The molecule has 6 bridgehead atoms. The minimum absolute atomic E-state index is 0.387. The Kier molecular flexibility index (Phi) is 14.7. The van der Waals surface area contributed by atoms with Gasteiger partial charge in [0.1, 0.15) is 23.0 Å². The summed E-state index contributed by atoms with van der Waals surface area (Å²) in [4.78, 5) is 11.2. The number of aromatic nitrogens is 2. The van der Waals surface area contributed by atoms with Gasteiger partial charge in [-0.2, -0.15) is 9.05 Å². The zero-order valence-corrected chi connectivity index (χ0v) is 45.2. The van der Waals surface area contributed by atoms with Gasteiger partial charge in [-0.3, -0.25) is 0 Å². The van der Waals surface area contributed by atoms with Gasteiger partial charge in [0, 0.05) is 33.0 Å². The van der Waals surface area contributed by atoms with Crippen molar-refractivity contribution in [1.82, 2.24) is 8.68 Å². The maximum atomic E-state index is 9.87. The van der Waals surface area contributed by atoms with Crippen molar-refractivity contribution in [3.05, 3.63) is 201 Å². The Labute approximate surface area is 440 Å². The van der Waals surface area contributed by atoms with Gasteiger partial charge in [0.15, 0.2) is 0 Å². The van der Waals surface area contributed by atoms with E-state index in [0.29, 0.717) is 13.2 Å². The topological polar surface area (TPSA) is 90.0 Å². The van der Waals surface area contributed by atoms with Gasteiger partial charge in [-0.25, -0.2) is 9.98 Å². The van der Waals surface area contributed by atoms with Crippen LogP contribution in [0.25, 0.3) is 22.3 Å². The fraction of sp³-hybridized carbons (Fsp3) is 0.185. The van der Waals surface area contributed by atoms with Crippen LogP contribution in [0.2, 0.25) is 0 Å². The van der Waals surface area contributed by atoms with E-state index in [0.717, 1.165) is 136 Å². The van der Waals surface area contributed by atoms with Crippen molar-refractivity contribution >= 4 is 81.4 Å². The number of methoxy groups -OCH3 is 4. The number of nitrogens with zero attached hydrogens (tertiary/aromatic N) is 4. The van der Waals surface area contributed by atoms with E-state index in [1.807, 2.05) is 48.5 Å². The molecule has 20 heteroatoms. The van der Waals surface area contributed by atoms with Crippen molar-refractivity contribution in [2.45, 2.75) is 12.8 Å². The molecule has 6 aromatic rings. The Hall–Kier alpha value is -6.00. The number of allylic oxidation sites excluding steroid dienone is 4. The first-order valence-corrected chi connectivity index (χ1v) is 28.9. The van der Waals surface area contributed by atoms with Crippen molar-refractivity contribution in [1.29, 1.82) is 0 Å². The molecule has 6 heterocycles. The average Bonchev–Trinajstić information content (AvgIpc) is 4.23. The second-order valence-electron chi connectivity index (χ2n) is 16.9. The molecule has 0 amide bonds. The van der Waals surface area contributed by atoms with Gasteiger partial charge in [0.25, 0.3) is 0 Å². The van der Waals surface area contributed by atoms with E-state index in [1.165, 1.54) is 0 Å². The number of ether oxygens (including phenoxy) is 4. The van der Waals surface area contributed by atoms with Crippen LogP contribution in [-0.4, -0.2) is 72.4 Å². The van der Waals surface area contributed by atoms with E-state index >= 15 is 0 Å². The fourth-order valence-electron chi connectivity index (χ4n) is 9.01. The predicted octanol–water partition coefficient (Wildman–Crippen LogP) is 14.3. The Morgan fingerprint density at radius 2 is 0.743 bits per heavy atom. The molecule has 386 valence electrons. The molecule has 0 fully saturated rings. The number of fused-ring (bicyclic) bond motifs is 2. The summed E-state index contributed by atoms with van der Waals surface area (Å²) in [5.41, 5.74) is 12.4. The minimum atomic E-state index is -10.7. The van der Waals surface area contributed by atoms with Gasteiger partial charge < -0.3 is 18.9 Å². The van der Waals surface area contributed by atoms with Gasteiger partial charge in [-0.1, -0.05) is 80.4 Å². The number of hydrogen-bond donors (Lipinski definition) is 0. The van der Waals surface area contributed by atoms with Gasteiger partial charge in [0.05, 0.1) is 86.6 Å². The van der Waals surface area contributed by atoms with E-state index in [-0.39, 0.29) is 0 Å². The predicted molar refractivity (Wildman–Crippen MR) is 290 cm³/mol. The van der Waals surface area contributed by atoms with Crippen LogP contribution in [0.1, 0.15) is 46.5 Å². The van der Waals surface area contributed by atoms with Crippen molar-refractivity contribution < 1.29 is 53.2 Å². The summed E-state index contributed by atoms with van der Waals surface area (Å²) in [6.07, 6.45) is 9.95. The summed E-state index contributed by atoms with van der Waals surface area (Å²) < 4.78 is 102. The number of alkyl halides is 2. The number of aliphatic imine (C=N–C) groups is 2. The van der Waals surface area contributed by atoms with Crippen LogP contribution in [0, 0.1) is 0 Å².